The van der Waals surface area contributed by atoms with Crippen molar-refractivity contribution >= 4 is 35.0 Å². The Morgan fingerprint density at radius 3 is 2.59 bits per heavy atom. The monoisotopic (exact) mass is 521 g/mol. The lowest BCUT2D eigenvalue weighted by atomic mass is 10.0. The maximum Gasteiger partial charge on any atom is 0.379 e. The van der Waals surface area contributed by atoms with E-state index < -0.39 is 5.97 Å². The molecule has 0 saturated carbocycles. The van der Waals surface area contributed by atoms with Crippen LogP contribution in [-0.4, -0.2) is 42.3 Å². The third-order valence-corrected chi connectivity index (χ3v) is 6.55. The fourth-order valence-corrected chi connectivity index (χ4v) is 4.60. The number of ether oxygens (including phenoxy) is 3. The molecule has 2 heterocycles. The van der Waals surface area contributed by atoms with E-state index in [4.69, 9.17) is 18.6 Å². The molecule has 2 aromatic carbocycles. The van der Waals surface area contributed by atoms with Crippen molar-refractivity contribution < 1.29 is 33.0 Å². The standard InChI is InChI=1S/C28H27NO7S/c1-17(2)20-9-7-18(3)14-23(20)35-13-11-29-26(30)25(37-28(29)32)16-19-8-10-21(24(15-19)33-4)36-27(31)22-6-5-12-34-22/h5-10,12,14-17H,11,13H2,1-4H3/b25-16-. The molecule has 0 aliphatic carbocycles. The molecule has 8 nitrogen and oxygen atoms in total. The molecule has 1 aromatic heterocycles. The van der Waals surface area contributed by atoms with Gasteiger partial charge in [0.2, 0.25) is 5.76 Å². The zero-order valence-corrected chi connectivity index (χ0v) is 21.8. The third-order valence-electron chi connectivity index (χ3n) is 5.65. The Morgan fingerprint density at radius 2 is 1.89 bits per heavy atom. The van der Waals surface area contributed by atoms with Gasteiger partial charge in [-0.05, 0) is 77.7 Å². The lowest BCUT2D eigenvalue weighted by Gasteiger charge is -2.17. The van der Waals surface area contributed by atoms with Gasteiger partial charge in [0.05, 0.1) is 24.8 Å². The fraction of sp³-hybridized carbons (Fsp3) is 0.250. The molecule has 1 saturated heterocycles. The highest BCUT2D eigenvalue weighted by Crippen LogP contribution is 2.35. The molecule has 2 amide bonds. The summed E-state index contributed by atoms with van der Waals surface area (Å²) >= 11 is 0.864. The molecule has 4 rings (SSSR count). The van der Waals surface area contributed by atoms with Crippen molar-refractivity contribution in [2.24, 2.45) is 0 Å². The Balaban J connectivity index is 1.42. The highest BCUT2D eigenvalue weighted by molar-refractivity contribution is 8.18. The number of thioether (sulfide) groups is 1. The zero-order valence-electron chi connectivity index (χ0n) is 21.0. The molecule has 1 fully saturated rings. The van der Waals surface area contributed by atoms with Crippen molar-refractivity contribution in [3.05, 3.63) is 82.1 Å². The number of benzene rings is 2. The minimum atomic E-state index is -0.662. The van der Waals surface area contributed by atoms with Crippen LogP contribution in [0.4, 0.5) is 4.79 Å². The van der Waals surface area contributed by atoms with E-state index in [1.165, 1.54) is 24.3 Å². The summed E-state index contributed by atoms with van der Waals surface area (Å²) in [6.45, 7) is 6.49. The van der Waals surface area contributed by atoms with Crippen LogP contribution >= 0.6 is 11.8 Å². The summed E-state index contributed by atoms with van der Waals surface area (Å²) in [5.74, 6) is 0.547. The van der Waals surface area contributed by atoms with Crippen LogP contribution in [0.15, 0.2) is 64.1 Å². The largest absolute Gasteiger partial charge is 0.493 e. The maximum absolute atomic E-state index is 12.9. The van der Waals surface area contributed by atoms with E-state index in [2.05, 4.69) is 13.8 Å². The first-order valence-electron chi connectivity index (χ1n) is 11.7. The molecule has 0 radical (unpaired) electrons. The van der Waals surface area contributed by atoms with E-state index in [1.807, 2.05) is 25.1 Å². The van der Waals surface area contributed by atoms with Gasteiger partial charge in [0, 0.05) is 0 Å². The van der Waals surface area contributed by atoms with Gasteiger partial charge in [-0.15, -0.1) is 0 Å². The van der Waals surface area contributed by atoms with Crippen LogP contribution in [-0.2, 0) is 4.79 Å². The lowest BCUT2D eigenvalue weighted by molar-refractivity contribution is -0.123. The Bertz CT molecular complexity index is 1340. The van der Waals surface area contributed by atoms with Gasteiger partial charge in [0.15, 0.2) is 11.5 Å². The molecule has 0 atom stereocenters. The number of methoxy groups -OCH3 is 1. The quantitative estimate of drug-likeness (QED) is 0.191. The van der Waals surface area contributed by atoms with E-state index in [1.54, 1.807) is 30.3 Å². The van der Waals surface area contributed by atoms with E-state index in [9.17, 15) is 14.4 Å². The number of furan rings is 1. The van der Waals surface area contributed by atoms with Crippen LogP contribution in [0.5, 0.6) is 17.2 Å². The summed E-state index contributed by atoms with van der Waals surface area (Å²) in [7, 11) is 1.44. The number of amides is 2. The summed E-state index contributed by atoms with van der Waals surface area (Å²) in [5.41, 5.74) is 2.76. The second kappa shape index (κ2) is 11.4. The fourth-order valence-electron chi connectivity index (χ4n) is 3.74. The van der Waals surface area contributed by atoms with E-state index in [0.717, 1.165) is 28.6 Å². The second-order valence-electron chi connectivity index (χ2n) is 8.65. The summed E-state index contributed by atoms with van der Waals surface area (Å²) in [6, 6.07) is 14.0. The van der Waals surface area contributed by atoms with Crippen molar-refractivity contribution in [2.75, 3.05) is 20.3 Å². The van der Waals surface area contributed by atoms with Crippen molar-refractivity contribution in [3.8, 4) is 17.2 Å². The number of aryl methyl sites for hydroxylation is 1. The number of nitrogens with zero attached hydrogens (tertiary/aromatic N) is 1. The van der Waals surface area contributed by atoms with Crippen LogP contribution in [0.25, 0.3) is 6.08 Å². The summed E-state index contributed by atoms with van der Waals surface area (Å²) < 4.78 is 21.7. The molecule has 0 N–H and O–H groups in total. The molecule has 192 valence electrons. The van der Waals surface area contributed by atoms with Crippen molar-refractivity contribution in [1.82, 2.24) is 4.90 Å². The number of hydrogen-bond donors (Lipinski definition) is 0. The van der Waals surface area contributed by atoms with Gasteiger partial charge in [0.25, 0.3) is 11.1 Å². The summed E-state index contributed by atoms with van der Waals surface area (Å²) in [4.78, 5) is 39.1. The highest BCUT2D eigenvalue weighted by atomic mass is 32.2. The van der Waals surface area contributed by atoms with Crippen LogP contribution in [0, 0.1) is 6.92 Å². The van der Waals surface area contributed by atoms with Gasteiger partial charge < -0.3 is 18.6 Å². The minimum Gasteiger partial charge on any atom is -0.493 e. The van der Waals surface area contributed by atoms with Gasteiger partial charge in [-0.25, -0.2) is 4.79 Å². The normalized spacial score (nSPS) is 14.5. The van der Waals surface area contributed by atoms with Crippen LogP contribution in [0.2, 0.25) is 0 Å². The molecule has 3 aromatic rings. The number of hydrogen-bond acceptors (Lipinski definition) is 8. The van der Waals surface area contributed by atoms with Gasteiger partial charge in [-0.1, -0.05) is 32.0 Å². The Morgan fingerprint density at radius 1 is 1.08 bits per heavy atom. The average Bonchev–Trinajstić information content (AvgIpc) is 3.49. The van der Waals surface area contributed by atoms with Crippen molar-refractivity contribution in [2.45, 2.75) is 26.7 Å². The number of imide groups is 1. The second-order valence-corrected chi connectivity index (χ2v) is 9.65. The van der Waals surface area contributed by atoms with Gasteiger partial charge in [0.1, 0.15) is 12.4 Å². The summed E-state index contributed by atoms with van der Waals surface area (Å²) in [6.07, 6.45) is 2.98. The molecule has 0 bridgehead atoms. The van der Waals surface area contributed by atoms with Crippen LogP contribution < -0.4 is 14.2 Å². The molecule has 9 heteroatoms. The number of rotatable bonds is 9. The van der Waals surface area contributed by atoms with E-state index in [-0.39, 0.29) is 46.6 Å². The molecule has 1 aliphatic rings. The van der Waals surface area contributed by atoms with Crippen LogP contribution in [0.3, 0.4) is 0 Å². The highest BCUT2D eigenvalue weighted by Gasteiger charge is 2.35. The molecule has 1 aliphatic heterocycles. The molecular formula is C28H27NO7S. The smallest absolute Gasteiger partial charge is 0.379 e. The molecule has 0 spiro atoms. The predicted molar refractivity (Wildman–Crippen MR) is 140 cm³/mol. The first-order valence-corrected chi connectivity index (χ1v) is 12.5. The minimum absolute atomic E-state index is 0.0617. The SMILES string of the molecule is COc1cc(/C=C2\SC(=O)N(CCOc3cc(C)ccc3C(C)C)C2=O)ccc1OC(=O)c1ccco1. The lowest BCUT2D eigenvalue weighted by Crippen LogP contribution is -2.32. The topological polar surface area (TPSA) is 95.3 Å². The van der Waals surface area contributed by atoms with E-state index in [0.29, 0.717) is 11.3 Å². The molecular weight excluding hydrogens is 494 g/mol. The molecule has 0 unspecified atom stereocenters. The number of carbonyl (C=O) groups excluding carboxylic acids is 3. The number of carbonyl (C=O) groups is 3. The van der Waals surface area contributed by atoms with Crippen molar-refractivity contribution in [1.29, 1.82) is 0 Å². The first kappa shape index (κ1) is 26.1. The first-order chi connectivity index (χ1) is 17.8. The molecule has 37 heavy (non-hydrogen) atoms. The van der Waals surface area contributed by atoms with Gasteiger partial charge in [-0.2, -0.15) is 0 Å². The van der Waals surface area contributed by atoms with Crippen molar-refractivity contribution in [3.63, 3.8) is 0 Å². The Kier molecular flexibility index (Phi) is 8.03. The zero-order chi connectivity index (χ0) is 26.5. The van der Waals surface area contributed by atoms with Gasteiger partial charge in [-0.3, -0.25) is 14.5 Å². The van der Waals surface area contributed by atoms with E-state index >= 15 is 0 Å². The van der Waals surface area contributed by atoms with Gasteiger partial charge >= 0.3 is 5.97 Å². The Labute approximate surface area is 219 Å². The predicted octanol–water partition coefficient (Wildman–Crippen LogP) is 6.05. The maximum atomic E-state index is 12.9. The average molecular weight is 522 g/mol. The third kappa shape index (κ3) is 6.06. The number of esters is 1. The Hall–Kier alpha value is -3.98. The summed E-state index contributed by atoms with van der Waals surface area (Å²) in [5, 5.41) is -0.357. The van der Waals surface area contributed by atoms with Crippen LogP contribution in [0.1, 0.15) is 47.0 Å².